The Balaban J connectivity index is 1.73. The van der Waals surface area contributed by atoms with Gasteiger partial charge in [-0.2, -0.15) is 0 Å². The Bertz CT molecular complexity index is 1830. The number of fused-ring (bicyclic) bond motifs is 1. The van der Waals surface area contributed by atoms with Crippen molar-refractivity contribution in [3.63, 3.8) is 0 Å². The quantitative estimate of drug-likeness (QED) is 0.125. The highest BCUT2D eigenvalue weighted by molar-refractivity contribution is 7.92. The van der Waals surface area contributed by atoms with Gasteiger partial charge in [0.05, 0.1) is 34.8 Å². The average molecular weight is 639 g/mol. The number of anilines is 1. The van der Waals surface area contributed by atoms with Crippen molar-refractivity contribution < 1.29 is 27.4 Å². The van der Waals surface area contributed by atoms with Crippen LogP contribution in [-0.4, -0.2) is 62.1 Å². The maximum absolute atomic E-state index is 13.6. The second-order valence-electron chi connectivity index (χ2n) is 11.1. The number of nitrogens with zero attached hydrogens (tertiary/aromatic N) is 3. The van der Waals surface area contributed by atoms with Crippen molar-refractivity contribution in [3.05, 3.63) is 70.6 Å². The third-order valence-electron chi connectivity index (χ3n) is 7.23. The molecule has 12 heteroatoms. The molecular formula is C33H42N4O7S. The van der Waals surface area contributed by atoms with Crippen LogP contribution >= 0.6 is 0 Å². The summed E-state index contributed by atoms with van der Waals surface area (Å²) in [6.07, 6.45) is 2.90. The lowest BCUT2D eigenvalue weighted by Crippen LogP contribution is -2.19. The average Bonchev–Trinajstić information content (AvgIpc) is 3.22. The minimum Gasteiger partial charge on any atom is -0.493 e. The van der Waals surface area contributed by atoms with E-state index < -0.39 is 10.0 Å². The van der Waals surface area contributed by atoms with Gasteiger partial charge in [0.1, 0.15) is 17.2 Å². The Labute approximate surface area is 264 Å². The zero-order chi connectivity index (χ0) is 32.7. The van der Waals surface area contributed by atoms with E-state index >= 15 is 0 Å². The van der Waals surface area contributed by atoms with Crippen LogP contribution in [0.4, 0.5) is 5.69 Å². The summed E-state index contributed by atoms with van der Waals surface area (Å²) in [5.41, 5.74) is 1.19. The van der Waals surface area contributed by atoms with Crippen LogP contribution in [0.5, 0.6) is 23.0 Å². The van der Waals surface area contributed by atoms with E-state index in [1.807, 2.05) is 21.0 Å². The van der Waals surface area contributed by atoms with Crippen molar-refractivity contribution in [2.75, 3.05) is 38.6 Å². The molecule has 0 atom stereocenters. The van der Waals surface area contributed by atoms with E-state index in [9.17, 15) is 18.0 Å². The van der Waals surface area contributed by atoms with Crippen molar-refractivity contribution >= 4 is 32.5 Å². The monoisotopic (exact) mass is 638 g/mol. The van der Waals surface area contributed by atoms with Gasteiger partial charge in [-0.15, -0.1) is 0 Å². The molecule has 242 valence electrons. The number of imidazole rings is 1. The summed E-state index contributed by atoms with van der Waals surface area (Å²) < 4.78 is 51.0. The van der Waals surface area contributed by atoms with Crippen LogP contribution in [0.15, 0.2) is 64.3 Å². The molecule has 4 aromatic rings. The Morgan fingerprint density at radius 3 is 2.16 bits per heavy atom. The van der Waals surface area contributed by atoms with Crippen molar-refractivity contribution in [1.29, 1.82) is 0 Å². The van der Waals surface area contributed by atoms with Crippen LogP contribution in [0, 0.1) is 0 Å². The lowest BCUT2D eigenvalue weighted by atomic mass is 10.1. The fourth-order valence-corrected chi connectivity index (χ4v) is 5.88. The van der Waals surface area contributed by atoms with Crippen LogP contribution < -0.4 is 24.6 Å². The molecule has 4 rings (SSSR count). The molecule has 1 N–H and O–H groups in total. The molecule has 0 amide bonds. The van der Waals surface area contributed by atoms with E-state index in [1.54, 1.807) is 57.4 Å². The normalized spacial score (nSPS) is 11.6. The van der Waals surface area contributed by atoms with Gasteiger partial charge in [-0.25, -0.2) is 13.2 Å². The van der Waals surface area contributed by atoms with E-state index in [2.05, 4.69) is 9.62 Å². The highest BCUT2D eigenvalue weighted by Gasteiger charge is 2.22. The minimum absolute atomic E-state index is 0.0743. The number of Topliss-reactive ketones (excluding diaryl/α,β-unsaturated/α-hetero) is 1. The van der Waals surface area contributed by atoms with Crippen LogP contribution in [0.2, 0.25) is 0 Å². The van der Waals surface area contributed by atoms with E-state index in [4.69, 9.17) is 14.2 Å². The number of sulfonamides is 1. The number of nitrogens with one attached hydrogen (secondary N) is 1. The summed E-state index contributed by atoms with van der Waals surface area (Å²) in [5.74, 6) is 1.46. The molecule has 0 saturated heterocycles. The molecule has 11 nitrogen and oxygen atoms in total. The van der Waals surface area contributed by atoms with Crippen molar-refractivity contribution in [1.82, 2.24) is 14.0 Å². The number of hydrogen-bond acceptors (Lipinski definition) is 8. The van der Waals surface area contributed by atoms with Crippen LogP contribution in [0.3, 0.4) is 0 Å². The number of rotatable bonds is 16. The van der Waals surface area contributed by atoms with Gasteiger partial charge in [0, 0.05) is 50.3 Å². The first-order valence-electron chi connectivity index (χ1n) is 15.0. The van der Waals surface area contributed by atoms with Gasteiger partial charge in [-0.3, -0.25) is 18.7 Å². The van der Waals surface area contributed by atoms with Gasteiger partial charge >= 0.3 is 5.69 Å². The standard InChI is InChI=1S/C33H42N4O7S/c1-7-15-42-24-18-25(43-16-10-9-14-35(3)4)20-26(19-24)44-32-22-30-29(36(5)33(39)37(30)6)21-28(32)34-45(40,41)27-13-11-12-23(17-27)31(38)8-2/h11-13,17-22,34H,7-10,14-16H2,1-6H3. The Morgan fingerprint density at radius 1 is 0.867 bits per heavy atom. The summed E-state index contributed by atoms with van der Waals surface area (Å²) in [6.45, 7) is 5.68. The second-order valence-corrected chi connectivity index (χ2v) is 12.8. The second kappa shape index (κ2) is 14.7. The molecule has 1 heterocycles. The number of carbonyl (C=O) groups excluding carboxylic acids is 1. The highest BCUT2D eigenvalue weighted by atomic mass is 32.2. The Morgan fingerprint density at radius 2 is 1.51 bits per heavy atom. The largest absolute Gasteiger partial charge is 0.493 e. The van der Waals surface area contributed by atoms with E-state index in [-0.39, 0.29) is 34.2 Å². The molecule has 1 aromatic heterocycles. The molecule has 0 aliphatic rings. The van der Waals surface area contributed by atoms with Gasteiger partial charge in [-0.05, 0) is 58.1 Å². The summed E-state index contributed by atoms with van der Waals surface area (Å²) in [6, 6.07) is 14.3. The van der Waals surface area contributed by atoms with Crippen LogP contribution in [0.1, 0.15) is 49.9 Å². The molecule has 0 saturated carbocycles. The molecule has 0 bridgehead atoms. The van der Waals surface area contributed by atoms with Gasteiger partial charge in [0.2, 0.25) is 0 Å². The molecule has 0 aliphatic heterocycles. The number of carbonyl (C=O) groups is 1. The predicted octanol–water partition coefficient (Wildman–Crippen LogP) is 5.57. The van der Waals surface area contributed by atoms with Crippen molar-refractivity contribution in [2.45, 2.75) is 44.4 Å². The lowest BCUT2D eigenvalue weighted by molar-refractivity contribution is 0.0988. The number of hydrogen-bond donors (Lipinski definition) is 1. The van der Waals surface area contributed by atoms with E-state index in [1.165, 1.54) is 27.3 Å². The number of ether oxygens (including phenoxy) is 3. The molecule has 3 aromatic carbocycles. The van der Waals surface area contributed by atoms with Crippen LogP contribution in [-0.2, 0) is 24.1 Å². The third kappa shape index (κ3) is 8.25. The third-order valence-corrected chi connectivity index (χ3v) is 8.59. The molecule has 0 fully saturated rings. The summed E-state index contributed by atoms with van der Waals surface area (Å²) in [5, 5.41) is 0. The number of aryl methyl sites for hydroxylation is 2. The maximum Gasteiger partial charge on any atom is 0.328 e. The van der Waals surface area contributed by atoms with E-state index in [0.29, 0.717) is 47.1 Å². The smallest absolute Gasteiger partial charge is 0.328 e. The molecule has 45 heavy (non-hydrogen) atoms. The van der Waals surface area contributed by atoms with Crippen molar-refractivity contribution in [2.24, 2.45) is 14.1 Å². The fourth-order valence-electron chi connectivity index (χ4n) is 4.77. The summed E-state index contributed by atoms with van der Waals surface area (Å²) in [4.78, 5) is 27.1. The lowest BCUT2D eigenvalue weighted by Gasteiger charge is -2.17. The van der Waals surface area contributed by atoms with Crippen LogP contribution in [0.25, 0.3) is 11.0 Å². The first-order chi connectivity index (χ1) is 21.4. The zero-order valence-electron chi connectivity index (χ0n) is 26.8. The highest BCUT2D eigenvalue weighted by Crippen LogP contribution is 2.38. The topological polar surface area (TPSA) is 121 Å². The van der Waals surface area contributed by atoms with Gasteiger partial charge in [0.25, 0.3) is 10.0 Å². The SMILES string of the molecule is CCCOc1cc(OCCCCN(C)C)cc(Oc2cc3c(cc2NS(=O)(=O)c2cccc(C(=O)CC)c2)n(C)c(=O)n3C)c1. The molecule has 0 aliphatic carbocycles. The Kier molecular flexibility index (Phi) is 10.9. The van der Waals surface area contributed by atoms with Gasteiger partial charge in [0.15, 0.2) is 11.5 Å². The van der Waals surface area contributed by atoms with Crippen molar-refractivity contribution in [3.8, 4) is 23.0 Å². The summed E-state index contributed by atoms with van der Waals surface area (Å²) in [7, 11) is 3.15. The molecular weight excluding hydrogens is 596 g/mol. The number of ketones is 1. The number of unbranched alkanes of at least 4 members (excludes halogenated alkanes) is 1. The molecule has 0 spiro atoms. The fraction of sp³-hybridized carbons (Fsp3) is 0.394. The minimum atomic E-state index is -4.16. The summed E-state index contributed by atoms with van der Waals surface area (Å²) >= 11 is 0. The molecule has 0 radical (unpaired) electrons. The maximum atomic E-state index is 13.6. The van der Waals surface area contributed by atoms with Gasteiger partial charge in [-0.1, -0.05) is 26.0 Å². The first kappa shape index (κ1) is 33.6. The number of aromatic nitrogens is 2. The van der Waals surface area contributed by atoms with E-state index in [0.717, 1.165) is 25.8 Å². The number of benzene rings is 3. The van der Waals surface area contributed by atoms with Gasteiger partial charge < -0.3 is 19.1 Å². The Hall–Kier alpha value is -4.29. The molecule has 0 unspecified atom stereocenters. The zero-order valence-corrected chi connectivity index (χ0v) is 27.6. The first-order valence-corrected chi connectivity index (χ1v) is 16.5. The predicted molar refractivity (Wildman–Crippen MR) is 176 cm³/mol.